The molecule has 2 atom stereocenters. The highest BCUT2D eigenvalue weighted by Gasteiger charge is 2.36. The maximum Gasteiger partial charge on any atom is 0.418 e. The Bertz CT molecular complexity index is 873. The fraction of sp³-hybridized carbons (Fsp3) is 0.278. The van der Waals surface area contributed by atoms with E-state index in [1.54, 1.807) is 36.5 Å². The fourth-order valence-electron chi connectivity index (χ4n) is 2.63. The van der Waals surface area contributed by atoms with Crippen LogP contribution < -0.4 is 10.6 Å². The normalized spacial score (nSPS) is 13.6. The summed E-state index contributed by atoms with van der Waals surface area (Å²) >= 11 is 5.84. The van der Waals surface area contributed by atoms with E-state index in [0.29, 0.717) is 11.1 Å². The third-order valence-corrected chi connectivity index (χ3v) is 4.42. The average Bonchev–Trinajstić information content (AvgIpc) is 2.61. The van der Waals surface area contributed by atoms with Gasteiger partial charge >= 0.3 is 6.18 Å². The number of amides is 1. The fourth-order valence-corrected chi connectivity index (χ4v) is 2.76. The molecule has 0 aromatic heterocycles. The number of nitrogens with zero attached hydrogens (tertiary/aromatic N) is 1. The Hall–Kier alpha value is -2.65. The molecule has 3 N–H and O–H groups in total. The van der Waals surface area contributed by atoms with Gasteiger partial charge in [-0.1, -0.05) is 23.7 Å². The van der Waals surface area contributed by atoms with E-state index in [0.717, 1.165) is 17.7 Å². The van der Waals surface area contributed by atoms with Gasteiger partial charge in [0, 0.05) is 22.7 Å². The summed E-state index contributed by atoms with van der Waals surface area (Å²) in [5.41, 5.74) is -1.60. The minimum Gasteiger partial charge on any atom is -0.330 e. The number of alkyl halides is 3. The van der Waals surface area contributed by atoms with Crippen molar-refractivity contribution in [1.82, 2.24) is 0 Å². The van der Waals surface area contributed by atoms with Crippen LogP contribution >= 0.6 is 11.6 Å². The van der Waals surface area contributed by atoms with Gasteiger partial charge in [0.15, 0.2) is 6.04 Å². The summed E-state index contributed by atoms with van der Waals surface area (Å²) in [6, 6.07) is 8.36. The Balaban J connectivity index is 2.15. The van der Waals surface area contributed by atoms with Gasteiger partial charge in [-0.25, -0.2) is 0 Å². The molecule has 0 bridgehead atoms. The van der Waals surface area contributed by atoms with Crippen LogP contribution in [0.3, 0.4) is 0 Å². The van der Waals surface area contributed by atoms with Crippen LogP contribution in [-0.2, 0) is 11.0 Å². The van der Waals surface area contributed by atoms with Crippen LogP contribution in [0.5, 0.6) is 0 Å². The van der Waals surface area contributed by atoms with Crippen molar-refractivity contribution < 1.29 is 28.2 Å². The summed E-state index contributed by atoms with van der Waals surface area (Å²) in [5, 5.41) is 15.2. The number of nitro groups is 1. The third-order valence-electron chi connectivity index (χ3n) is 4.16. The Kier molecular flexibility index (Phi) is 6.63. The number of nitrogens with two attached hydrogens (primary N) is 1. The number of hydrogen-bond acceptors (Lipinski definition) is 3. The molecule has 0 aliphatic heterocycles. The molecular formula is C18H18ClF3N3O3+. The number of nitro benzene ring substituents is 1. The summed E-state index contributed by atoms with van der Waals surface area (Å²) in [4.78, 5) is 22.2. The first kappa shape index (κ1) is 21.6. The van der Waals surface area contributed by atoms with Crippen LogP contribution in [-0.4, -0.2) is 16.9 Å². The molecule has 0 saturated heterocycles. The first-order chi connectivity index (χ1) is 13.0. The van der Waals surface area contributed by atoms with Crippen molar-refractivity contribution in [2.24, 2.45) is 0 Å². The number of halogens is 4. The Morgan fingerprint density at radius 1 is 1.18 bits per heavy atom. The Morgan fingerprint density at radius 2 is 1.79 bits per heavy atom. The summed E-state index contributed by atoms with van der Waals surface area (Å²) in [6.07, 6.45) is -4.85. The number of carbonyl (C=O) groups is 1. The van der Waals surface area contributed by atoms with E-state index in [2.05, 4.69) is 5.32 Å². The number of benzene rings is 2. The van der Waals surface area contributed by atoms with E-state index in [1.165, 1.54) is 0 Å². The van der Waals surface area contributed by atoms with E-state index >= 15 is 0 Å². The highest BCUT2D eigenvalue weighted by Crippen LogP contribution is 2.37. The SMILES string of the molecule is C[C@H]([NH2+][C@H](C)c1ccc(Cl)cc1)C(=O)Nc1ccc([N+](=O)[O-])cc1C(F)(F)F. The van der Waals surface area contributed by atoms with Gasteiger partial charge < -0.3 is 10.6 Å². The van der Waals surface area contributed by atoms with Crippen LogP contribution in [0.1, 0.15) is 31.0 Å². The van der Waals surface area contributed by atoms with Gasteiger partial charge in [0.1, 0.15) is 6.04 Å². The predicted molar refractivity (Wildman–Crippen MR) is 98.0 cm³/mol. The maximum absolute atomic E-state index is 13.2. The van der Waals surface area contributed by atoms with Gasteiger partial charge in [0.2, 0.25) is 0 Å². The van der Waals surface area contributed by atoms with Gasteiger partial charge in [0.25, 0.3) is 11.6 Å². The standard InChI is InChI=1S/C18H17ClF3N3O3/c1-10(12-3-5-13(19)6-4-12)23-11(2)17(26)24-16-8-7-14(25(27)28)9-15(16)18(20,21)22/h3-11,23H,1-2H3,(H,24,26)/p+1/t10-,11+/m1/s1. The van der Waals surface area contributed by atoms with Gasteiger partial charge in [-0.05, 0) is 32.0 Å². The highest BCUT2D eigenvalue weighted by molar-refractivity contribution is 6.30. The molecule has 0 unspecified atom stereocenters. The smallest absolute Gasteiger partial charge is 0.330 e. The van der Waals surface area contributed by atoms with Gasteiger partial charge in [-0.15, -0.1) is 0 Å². The van der Waals surface area contributed by atoms with Crippen molar-refractivity contribution >= 4 is 28.9 Å². The quantitative estimate of drug-likeness (QED) is 0.552. The second-order valence-electron chi connectivity index (χ2n) is 6.30. The number of anilines is 1. The number of carbonyl (C=O) groups excluding carboxylic acids is 1. The van der Waals surface area contributed by atoms with Crippen molar-refractivity contribution in [1.29, 1.82) is 0 Å². The molecule has 6 nitrogen and oxygen atoms in total. The number of quaternary nitrogens is 1. The Labute approximate surface area is 163 Å². The zero-order chi connectivity index (χ0) is 21.1. The molecule has 2 rings (SSSR count). The summed E-state index contributed by atoms with van der Waals surface area (Å²) < 4.78 is 39.6. The van der Waals surface area contributed by atoms with Gasteiger partial charge in [0.05, 0.1) is 16.2 Å². The molecule has 0 heterocycles. The number of non-ortho nitro benzene ring substituents is 1. The van der Waals surface area contributed by atoms with Crippen LogP contribution in [0.25, 0.3) is 0 Å². The van der Waals surface area contributed by atoms with Crippen LogP contribution in [0, 0.1) is 10.1 Å². The van der Waals surface area contributed by atoms with E-state index in [9.17, 15) is 28.1 Å². The van der Waals surface area contributed by atoms with Gasteiger partial charge in [-0.3, -0.25) is 14.9 Å². The van der Waals surface area contributed by atoms with Crippen molar-refractivity contribution in [2.45, 2.75) is 32.1 Å². The van der Waals surface area contributed by atoms with Crippen LogP contribution in [0.2, 0.25) is 5.02 Å². The molecule has 0 fully saturated rings. The molecule has 150 valence electrons. The lowest BCUT2D eigenvalue weighted by Crippen LogP contribution is -2.91. The molecule has 0 spiro atoms. The molecule has 1 amide bonds. The van der Waals surface area contributed by atoms with Gasteiger partial charge in [-0.2, -0.15) is 13.2 Å². The third kappa shape index (κ3) is 5.43. The van der Waals surface area contributed by atoms with E-state index in [4.69, 9.17) is 11.6 Å². The van der Waals surface area contributed by atoms with Crippen molar-refractivity contribution in [2.75, 3.05) is 5.32 Å². The molecule has 28 heavy (non-hydrogen) atoms. The predicted octanol–water partition coefficient (Wildman–Crippen LogP) is 3.92. The summed E-state index contributed by atoms with van der Waals surface area (Å²) in [5.74, 6) is -0.653. The lowest BCUT2D eigenvalue weighted by molar-refractivity contribution is -0.709. The number of hydrogen-bond donors (Lipinski definition) is 2. The molecule has 2 aromatic rings. The number of rotatable bonds is 6. The second-order valence-corrected chi connectivity index (χ2v) is 6.73. The maximum atomic E-state index is 13.2. The molecule has 0 radical (unpaired) electrons. The minimum atomic E-state index is -4.85. The van der Waals surface area contributed by atoms with Crippen molar-refractivity contribution in [3.05, 3.63) is 68.7 Å². The second kappa shape index (κ2) is 8.57. The van der Waals surface area contributed by atoms with Crippen LogP contribution in [0.4, 0.5) is 24.5 Å². The topological polar surface area (TPSA) is 88.8 Å². The lowest BCUT2D eigenvalue weighted by atomic mass is 10.1. The zero-order valence-electron chi connectivity index (χ0n) is 15.0. The molecule has 0 aliphatic carbocycles. The minimum absolute atomic E-state index is 0.142. The van der Waals surface area contributed by atoms with E-state index in [-0.39, 0.29) is 6.04 Å². The molecule has 2 aromatic carbocycles. The number of nitrogens with one attached hydrogen (secondary N) is 1. The van der Waals surface area contributed by atoms with Crippen molar-refractivity contribution in [3.8, 4) is 0 Å². The van der Waals surface area contributed by atoms with E-state index < -0.39 is 40.0 Å². The molecule has 0 saturated carbocycles. The first-order valence-corrected chi connectivity index (χ1v) is 8.63. The monoisotopic (exact) mass is 416 g/mol. The van der Waals surface area contributed by atoms with Crippen molar-refractivity contribution in [3.63, 3.8) is 0 Å². The summed E-state index contributed by atoms with van der Waals surface area (Å²) in [7, 11) is 0. The Morgan fingerprint density at radius 3 is 2.32 bits per heavy atom. The van der Waals surface area contributed by atoms with Crippen LogP contribution in [0.15, 0.2) is 42.5 Å². The zero-order valence-corrected chi connectivity index (χ0v) is 15.7. The lowest BCUT2D eigenvalue weighted by Gasteiger charge is -2.18. The molecular weight excluding hydrogens is 399 g/mol. The summed E-state index contributed by atoms with van der Waals surface area (Å²) in [6.45, 7) is 3.40. The highest BCUT2D eigenvalue weighted by atomic mass is 35.5. The largest absolute Gasteiger partial charge is 0.418 e. The molecule has 10 heteroatoms. The van der Waals surface area contributed by atoms with E-state index in [1.807, 2.05) is 6.92 Å². The average molecular weight is 417 g/mol. The first-order valence-electron chi connectivity index (χ1n) is 8.26. The molecule has 0 aliphatic rings.